The van der Waals surface area contributed by atoms with Crippen LogP contribution in [0.25, 0.3) is 10.8 Å². The highest BCUT2D eigenvalue weighted by molar-refractivity contribution is 5.95. The summed E-state index contributed by atoms with van der Waals surface area (Å²) in [5.74, 6) is 0.764. The minimum atomic E-state index is -0.331. The van der Waals surface area contributed by atoms with E-state index < -0.39 is 0 Å². The van der Waals surface area contributed by atoms with E-state index in [4.69, 9.17) is 4.74 Å². The number of carbonyl (C=O) groups excluding carboxylic acids is 1. The zero-order valence-corrected chi connectivity index (χ0v) is 12.1. The molecule has 0 saturated heterocycles. The van der Waals surface area contributed by atoms with Gasteiger partial charge in [-0.2, -0.15) is 0 Å². The second kappa shape index (κ2) is 4.45. The highest BCUT2D eigenvalue weighted by atomic mass is 16.6. The molecule has 0 amide bonds. The lowest BCUT2D eigenvalue weighted by Gasteiger charge is -2.31. The Bertz CT molecular complexity index is 746. The summed E-state index contributed by atoms with van der Waals surface area (Å²) in [5.41, 5.74) is 0.309. The number of hydrogen-bond donors (Lipinski definition) is 0. The Hall–Kier alpha value is -2.09. The third-order valence-corrected chi connectivity index (χ3v) is 4.94. The van der Waals surface area contributed by atoms with Gasteiger partial charge in [0.15, 0.2) is 0 Å². The molecule has 2 aliphatic rings. The highest BCUT2D eigenvalue weighted by Crippen LogP contribution is 2.48. The van der Waals surface area contributed by atoms with Gasteiger partial charge in [0, 0.05) is 5.92 Å². The van der Waals surface area contributed by atoms with Crippen LogP contribution in [0.2, 0.25) is 0 Å². The number of ether oxygens (including phenoxy) is 1. The van der Waals surface area contributed by atoms with Gasteiger partial charge in [0.05, 0.1) is 5.56 Å². The molecule has 2 heteroatoms. The monoisotopic (exact) mass is 278 g/mol. The largest absolute Gasteiger partial charge is 0.455 e. The van der Waals surface area contributed by atoms with Gasteiger partial charge in [0.1, 0.15) is 5.60 Å². The average Bonchev–Trinajstić information content (AvgIpc) is 3.06. The normalized spacial score (nSPS) is 30.0. The molecule has 4 rings (SSSR count). The summed E-state index contributed by atoms with van der Waals surface area (Å²) < 4.78 is 5.88. The molecule has 2 aliphatic carbocycles. The quantitative estimate of drug-likeness (QED) is 0.603. The van der Waals surface area contributed by atoms with Crippen LogP contribution in [0.15, 0.2) is 54.6 Å². The van der Waals surface area contributed by atoms with Crippen LogP contribution in [0.4, 0.5) is 0 Å². The van der Waals surface area contributed by atoms with Crippen molar-refractivity contribution < 1.29 is 9.53 Å². The summed E-state index contributed by atoms with van der Waals surface area (Å²) >= 11 is 0. The maximum Gasteiger partial charge on any atom is 0.338 e. The second-order valence-corrected chi connectivity index (χ2v) is 6.46. The fourth-order valence-electron chi connectivity index (χ4n) is 3.76. The van der Waals surface area contributed by atoms with Crippen molar-refractivity contribution in [3.8, 4) is 0 Å². The number of hydrogen-bond acceptors (Lipinski definition) is 2. The van der Waals surface area contributed by atoms with Gasteiger partial charge in [-0.1, -0.05) is 42.5 Å². The summed E-state index contributed by atoms with van der Waals surface area (Å²) in [5, 5.41) is 2.22. The topological polar surface area (TPSA) is 26.3 Å². The van der Waals surface area contributed by atoms with E-state index in [9.17, 15) is 4.79 Å². The average molecular weight is 278 g/mol. The van der Waals surface area contributed by atoms with Crippen LogP contribution in [-0.2, 0) is 4.74 Å². The van der Waals surface area contributed by atoms with Crippen LogP contribution in [0, 0.1) is 11.8 Å². The summed E-state index contributed by atoms with van der Waals surface area (Å²) in [6.07, 6.45) is 6.55. The van der Waals surface area contributed by atoms with Gasteiger partial charge in [-0.15, -0.1) is 0 Å². The lowest BCUT2D eigenvalue weighted by atomic mass is 9.90. The summed E-state index contributed by atoms with van der Waals surface area (Å²) in [6.45, 7) is 2.07. The number of allylic oxidation sites excluding steroid dienone is 1. The van der Waals surface area contributed by atoms with E-state index in [2.05, 4.69) is 19.1 Å². The predicted octanol–water partition coefficient (Wildman–Crippen LogP) is 4.35. The molecule has 1 fully saturated rings. The van der Waals surface area contributed by atoms with Crippen molar-refractivity contribution in [2.75, 3.05) is 0 Å². The fraction of sp³-hybridized carbons (Fsp3) is 0.316. The number of rotatable bonds is 2. The molecule has 1 saturated carbocycles. The fourth-order valence-corrected chi connectivity index (χ4v) is 3.76. The molecule has 106 valence electrons. The predicted molar refractivity (Wildman–Crippen MR) is 83.1 cm³/mol. The molecule has 3 atom stereocenters. The van der Waals surface area contributed by atoms with E-state index in [1.807, 2.05) is 42.5 Å². The molecule has 2 aromatic carbocycles. The number of fused-ring (bicyclic) bond motifs is 3. The smallest absolute Gasteiger partial charge is 0.338 e. The van der Waals surface area contributed by atoms with Crippen LogP contribution in [0.5, 0.6) is 0 Å². The van der Waals surface area contributed by atoms with Gasteiger partial charge in [-0.3, -0.25) is 0 Å². The molecule has 2 aromatic rings. The first kappa shape index (κ1) is 12.6. The molecule has 0 heterocycles. The first-order valence-corrected chi connectivity index (χ1v) is 7.54. The van der Waals surface area contributed by atoms with Crippen molar-refractivity contribution in [2.24, 2.45) is 11.8 Å². The Balaban J connectivity index is 1.60. The Kier molecular flexibility index (Phi) is 2.68. The Labute approximate surface area is 124 Å². The molecule has 3 unspecified atom stereocenters. The van der Waals surface area contributed by atoms with E-state index in [0.29, 0.717) is 17.4 Å². The Morgan fingerprint density at radius 3 is 2.67 bits per heavy atom. The van der Waals surface area contributed by atoms with Gasteiger partial charge >= 0.3 is 5.97 Å². The van der Waals surface area contributed by atoms with E-state index in [0.717, 1.165) is 23.6 Å². The first-order valence-electron chi connectivity index (χ1n) is 7.54. The SMILES string of the molecule is CC1(OC(=O)c2ccc3ccccc3c2)CC2C=CC1C2. The molecule has 0 spiro atoms. The lowest BCUT2D eigenvalue weighted by Crippen LogP contribution is -2.35. The van der Waals surface area contributed by atoms with Gasteiger partial charge < -0.3 is 4.74 Å². The zero-order chi connectivity index (χ0) is 14.4. The van der Waals surface area contributed by atoms with Crippen LogP contribution in [-0.4, -0.2) is 11.6 Å². The lowest BCUT2D eigenvalue weighted by molar-refractivity contribution is -0.0218. The minimum Gasteiger partial charge on any atom is -0.455 e. The summed E-state index contributed by atoms with van der Waals surface area (Å²) in [7, 11) is 0. The molecule has 2 bridgehead atoms. The molecule has 0 radical (unpaired) electrons. The molecular formula is C19H18O2. The van der Waals surface area contributed by atoms with Crippen molar-refractivity contribution in [1.29, 1.82) is 0 Å². The van der Waals surface area contributed by atoms with E-state index in [1.54, 1.807) is 0 Å². The number of esters is 1. The second-order valence-electron chi connectivity index (χ2n) is 6.46. The Morgan fingerprint density at radius 2 is 1.95 bits per heavy atom. The van der Waals surface area contributed by atoms with E-state index in [-0.39, 0.29) is 11.6 Å². The minimum absolute atomic E-state index is 0.204. The van der Waals surface area contributed by atoms with Crippen LogP contribution in [0.3, 0.4) is 0 Å². The summed E-state index contributed by atoms with van der Waals surface area (Å²) in [6, 6.07) is 13.8. The zero-order valence-electron chi connectivity index (χ0n) is 12.1. The van der Waals surface area contributed by atoms with Gasteiger partial charge in [0.25, 0.3) is 0 Å². The molecular weight excluding hydrogens is 260 g/mol. The maximum absolute atomic E-state index is 12.5. The number of benzene rings is 2. The van der Waals surface area contributed by atoms with Crippen molar-refractivity contribution in [3.63, 3.8) is 0 Å². The standard InChI is InChI=1S/C19H18O2/c1-19(12-13-6-9-17(19)10-13)21-18(20)16-8-7-14-4-2-3-5-15(14)11-16/h2-9,11,13,17H,10,12H2,1H3. The third-order valence-electron chi connectivity index (χ3n) is 4.94. The van der Waals surface area contributed by atoms with Gasteiger partial charge in [-0.05, 0) is 48.6 Å². The van der Waals surface area contributed by atoms with E-state index >= 15 is 0 Å². The first-order chi connectivity index (χ1) is 10.1. The molecule has 0 N–H and O–H groups in total. The van der Waals surface area contributed by atoms with Crippen molar-refractivity contribution in [3.05, 3.63) is 60.2 Å². The van der Waals surface area contributed by atoms with Gasteiger partial charge in [0.2, 0.25) is 0 Å². The van der Waals surface area contributed by atoms with Crippen LogP contribution in [0.1, 0.15) is 30.1 Å². The maximum atomic E-state index is 12.5. The molecule has 2 nitrogen and oxygen atoms in total. The molecule has 21 heavy (non-hydrogen) atoms. The van der Waals surface area contributed by atoms with Crippen molar-refractivity contribution in [1.82, 2.24) is 0 Å². The highest BCUT2D eigenvalue weighted by Gasteiger charge is 2.47. The summed E-state index contributed by atoms with van der Waals surface area (Å²) in [4.78, 5) is 12.5. The molecule has 0 aromatic heterocycles. The molecule has 0 aliphatic heterocycles. The van der Waals surface area contributed by atoms with Crippen molar-refractivity contribution >= 4 is 16.7 Å². The van der Waals surface area contributed by atoms with Crippen LogP contribution >= 0.6 is 0 Å². The number of carbonyl (C=O) groups is 1. The van der Waals surface area contributed by atoms with Crippen molar-refractivity contribution in [2.45, 2.75) is 25.4 Å². The van der Waals surface area contributed by atoms with Crippen LogP contribution < -0.4 is 0 Å². The third kappa shape index (κ3) is 2.06. The van der Waals surface area contributed by atoms with E-state index in [1.165, 1.54) is 0 Å². The Morgan fingerprint density at radius 1 is 1.14 bits per heavy atom. The van der Waals surface area contributed by atoms with Gasteiger partial charge in [-0.25, -0.2) is 4.79 Å².